The van der Waals surface area contributed by atoms with Gasteiger partial charge in [0.25, 0.3) is 0 Å². The standard InChI is InChI=1S/C10H9BrO4/c1-15-10(14)6-2-3-8(12)7(4-6)9(13)5-11/h2-4,12H,5H2,1H3. The van der Waals surface area contributed by atoms with Crippen LogP contribution in [-0.2, 0) is 4.74 Å². The lowest BCUT2D eigenvalue weighted by Gasteiger charge is -2.04. The molecule has 0 amide bonds. The van der Waals surface area contributed by atoms with Gasteiger partial charge in [0.15, 0.2) is 5.78 Å². The molecule has 1 N–H and O–H groups in total. The van der Waals surface area contributed by atoms with Crippen molar-refractivity contribution in [2.75, 3.05) is 12.4 Å². The van der Waals surface area contributed by atoms with Gasteiger partial charge in [-0.2, -0.15) is 0 Å². The first-order valence-corrected chi connectivity index (χ1v) is 5.22. The summed E-state index contributed by atoms with van der Waals surface area (Å²) < 4.78 is 4.50. The molecule has 0 bridgehead atoms. The minimum absolute atomic E-state index is 0.0885. The molecule has 1 rings (SSSR count). The van der Waals surface area contributed by atoms with Crippen LogP contribution in [-0.4, -0.2) is 29.3 Å². The van der Waals surface area contributed by atoms with E-state index in [9.17, 15) is 14.7 Å². The van der Waals surface area contributed by atoms with Gasteiger partial charge in [0.2, 0.25) is 0 Å². The molecule has 0 aromatic heterocycles. The van der Waals surface area contributed by atoms with Crippen LogP contribution in [0.25, 0.3) is 0 Å². The van der Waals surface area contributed by atoms with Crippen molar-refractivity contribution in [3.63, 3.8) is 0 Å². The number of hydrogen-bond acceptors (Lipinski definition) is 4. The lowest BCUT2D eigenvalue weighted by atomic mass is 10.1. The summed E-state index contributed by atoms with van der Waals surface area (Å²) in [6.07, 6.45) is 0. The van der Waals surface area contributed by atoms with E-state index in [-0.39, 0.29) is 28.0 Å². The third kappa shape index (κ3) is 2.56. The van der Waals surface area contributed by atoms with E-state index >= 15 is 0 Å². The van der Waals surface area contributed by atoms with Crippen LogP contribution < -0.4 is 0 Å². The molecular formula is C10H9BrO4. The molecular weight excluding hydrogens is 264 g/mol. The summed E-state index contributed by atoms with van der Waals surface area (Å²) in [6.45, 7) is 0. The normalized spacial score (nSPS) is 9.73. The Balaban J connectivity index is 3.16. The van der Waals surface area contributed by atoms with Crippen LogP contribution in [0.4, 0.5) is 0 Å². The second-order valence-corrected chi connectivity index (χ2v) is 3.34. The van der Waals surface area contributed by atoms with Crippen LogP contribution in [0.5, 0.6) is 5.75 Å². The Morgan fingerprint density at radius 1 is 1.47 bits per heavy atom. The Morgan fingerprint density at radius 2 is 2.13 bits per heavy atom. The fourth-order valence-electron chi connectivity index (χ4n) is 1.08. The first-order valence-electron chi connectivity index (χ1n) is 4.10. The molecule has 0 fully saturated rings. The molecule has 4 nitrogen and oxygen atoms in total. The van der Waals surface area contributed by atoms with E-state index in [0.717, 1.165) is 0 Å². The van der Waals surface area contributed by atoms with Gasteiger partial charge < -0.3 is 9.84 Å². The molecule has 0 saturated heterocycles. The average molecular weight is 273 g/mol. The molecule has 0 atom stereocenters. The van der Waals surface area contributed by atoms with Crippen LogP contribution in [0.3, 0.4) is 0 Å². The van der Waals surface area contributed by atoms with E-state index in [1.54, 1.807) is 0 Å². The molecule has 1 aromatic rings. The van der Waals surface area contributed by atoms with E-state index in [4.69, 9.17) is 0 Å². The Morgan fingerprint density at radius 3 is 2.67 bits per heavy atom. The first kappa shape index (κ1) is 11.7. The zero-order valence-corrected chi connectivity index (χ0v) is 9.58. The van der Waals surface area contributed by atoms with Crippen molar-refractivity contribution >= 4 is 27.7 Å². The summed E-state index contributed by atoms with van der Waals surface area (Å²) in [5.41, 5.74) is 0.342. The van der Waals surface area contributed by atoms with Gasteiger partial charge in [0.1, 0.15) is 5.75 Å². The molecule has 0 heterocycles. The molecule has 15 heavy (non-hydrogen) atoms. The number of carbonyl (C=O) groups excluding carboxylic acids is 2. The first-order chi connectivity index (χ1) is 7.10. The van der Waals surface area contributed by atoms with E-state index < -0.39 is 5.97 Å². The lowest BCUT2D eigenvalue weighted by Crippen LogP contribution is -2.05. The van der Waals surface area contributed by atoms with E-state index in [1.165, 1.54) is 25.3 Å². The molecule has 0 spiro atoms. The van der Waals surface area contributed by atoms with Crippen molar-refractivity contribution in [1.82, 2.24) is 0 Å². The number of methoxy groups -OCH3 is 1. The van der Waals surface area contributed by atoms with Gasteiger partial charge in [-0.15, -0.1) is 0 Å². The topological polar surface area (TPSA) is 63.6 Å². The van der Waals surface area contributed by atoms with Crippen LogP contribution in [0.15, 0.2) is 18.2 Å². The number of phenols is 1. The van der Waals surface area contributed by atoms with Crippen molar-refractivity contribution < 1.29 is 19.4 Å². The minimum atomic E-state index is -0.543. The number of ether oxygens (including phenoxy) is 1. The molecule has 0 aliphatic carbocycles. The molecule has 0 saturated carbocycles. The van der Waals surface area contributed by atoms with E-state index in [1.807, 2.05) is 0 Å². The molecule has 5 heteroatoms. The number of halogens is 1. The Labute approximate surface area is 95.0 Å². The van der Waals surface area contributed by atoms with E-state index in [2.05, 4.69) is 20.7 Å². The predicted molar refractivity (Wildman–Crippen MR) is 57.6 cm³/mol. The highest BCUT2D eigenvalue weighted by Gasteiger charge is 2.13. The highest BCUT2D eigenvalue weighted by molar-refractivity contribution is 9.09. The summed E-state index contributed by atoms with van der Waals surface area (Å²) in [4.78, 5) is 22.5. The number of carbonyl (C=O) groups is 2. The maximum absolute atomic E-state index is 11.3. The second kappa shape index (κ2) is 4.93. The Bertz CT molecular complexity index is 400. The Kier molecular flexibility index (Phi) is 3.85. The molecule has 80 valence electrons. The molecule has 0 unspecified atom stereocenters. The summed E-state index contributed by atoms with van der Waals surface area (Å²) >= 11 is 2.99. The number of aromatic hydroxyl groups is 1. The number of phenolic OH excluding ortho intramolecular Hbond substituents is 1. The molecule has 0 aliphatic heterocycles. The zero-order chi connectivity index (χ0) is 11.4. The van der Waals surface area contributed by atoms with Gasteiger partial charge in [-0.25, -0.2) is 4.79 Å². The van der Waals surface area contributed by atoms with Gasteiger partial charge in [0, 0.05) is 0 Å². The zero-order valence-electron chi connectivity index (χ0n) is 7.99. The van der Waals surface area contributed by atoms with Gasteiger partial charge in [-0.1, -0.05) is 15.9 Å². The highest BCUT2D eigenvalue weighted by atomic mass is 79.9. The van der Waals surface area contributed by atoms with Crippen LogP contribution in [0.1, 0.15) is 20.7 Å². The fourth-order valence-corrected chi connectivity index (χ4v) is 1.38. The quantitative estimate of drug-likeness (QED) is 0.517. The summed E-state index contributed by atoms with van der Waals surface area (Å²) in [5, 5.41) is 9.49. The van der Waals surface area contributed by atoms with Crippen LogP contribution in [0.2, 0.25) is 0 Å². The SMILES string of the molecule is COC(=O)c1ccc(O)c(C(=O)CBr)c1. The number of ketones is 1. The van der Waals surface area contributed by atoms with Gasteiger partial charge >= 0.3 is 5.97 Å². The van der Waals surface area contributed by atoms with E-state index in [0.29, 0.717) is 0 Å². The third-order valence-electron chi connectivity index (χ3n) is 1.84. The number of esters is 1. The third-order valence-corrected chi connectivity index (χ3v) is 2.35. The summed E-state index contributed by atoms with van der Waals surface area (Å²) in [5.74, 6) is -0.982. The van der Waals surface area contributed by atoms with Gasteiger partial charge in [-0.05, 0) is 18.2 Å². The lowest BCUT2D eigenvalue weighted by molar-refractivity contribution is 0.0600. The number of hydrogen-bond donors (Lipinski definition) is 1. The fraction of sp³-hybridized carbons (Fsp3) is 0.200. The van der Waals surface area contributed by atoms with Gasteiger partial charge in [-0.3, -0.25) is 4.79 Å². The smallest absolute Gasteiger partial charge is 0.337 e. The maximum atomic E-state index is 11.3. The molecule has 0 aliphatic rings. The summed E-state index contributed by atoms with van der Waals surface area (Å²) in [6, 6.07) is 4.00. The monoisotopic (exact) mass is 272 g/mol. The maximum Gasteiger partial charge on any atom is 0.337 e. The number of benzene rings is 1. The number of alkyl halides is 1. The van der Waals surface area contributed by atoms with Crippen molar-refractivity contribution in [1.29, 1.82) is 0 Å². The number of Topliss-reactive ketones (excluding diaryl/α,β-unsaturated/α-hetero) is 1. The average Bonchev–Trinajstić information content (AvgIpc) is 2.27. The minimum Gasteiger partial charge on any atom is -0.507 e. The molecule has 0 radical (unpaired) electrons. The van der Waals surface area contributed by atoms with Crippen molar-refractivity contribution in [3.05, 3.63) is 29.3 Å². The van der Waals surface area contributed by atoms with Crippen molar-refractivity contribution in [2.24, 2.45) is 0 Å². The predicted octanol–water partition coefficient (Wildman–Crippen LogP) is 1.76. The number of rotatable bonds is 3. The van der Waals surface area contributed by atoms with Crippen LogP contribution >= 0.6 is 15.9 Å². The van der Waals surface area contributed by atoms with Gasteiger partial charge in [0.05, 0.1) is 23.6 Å². The Hall–Kier alpha value is -1.36. The molecule has 1 aromatic carbocycles. The van der Waals surface area contributed by atoms with Crippen LogP contribution in [0, 0.1) is 0 Å². The highest BCUT2D eigenvalue weighted by Crippen LogP contribution is 2.20. The second-order valence-electron chi connectivity index (χ2n) is 2.78. The summed E-state index contributed by atoms with van der Waals surface area (Å²) in [7, 11) is 1.25. The van der Waals surface area contributed by atoms with Crippen molar-refractivity contribution in [2.45, 2.75) is 0 Å². The van der Waals surface area contributed by atoms with Crippen molar-refractivity contribution in [3.8, 4) is 5.75 Å². The largest absolute Gasteiger partial charge is 0.507 e.